The predicted molar refractivity (Wildman–Crippen MR) is 151 cm³/mol. The van der Waals surface area contributed by atoms with E-state index in [9.17, 15) is 19.7 Å². The Bertz CT molecular complexity index is 1520. The molecule has 11 nitrogen and oxygen atoms in total. The average molecular weight is 566 g/mol. The van der Waals surface area contributed by atoms with Gasteiger partial charge in [-0.2, -0.15) is 0 Å². The largest absolute Gasteiger partial charge is 0.342 e. The molecule has 202 valence electrons. The first-order chi connectivity index (χ1) is 18.6. The van der Waals surface area contributed by atoms with Gasteiger partial charge in [0.25, 0.3) is 11.6 Å². The molecule has 0 saturated carbocycles. The molecule has 0 spiro atoms. The van der Waals surface area contributed by atoms with Crippen molar-refractivity contribution >= 4 is 45.7 Å². The van der Waals surface area contributed by atoms with Crippen molar-refractivity contribution in [3.05, 3.63) is 81.0 Å². The SMILES string of the molecule is Cc1cccc(C(=O)NC(c2nnc(SCC(=O)Nc3nc(-c4cccc([N+](=O)[O-])c4)cs3)n2C)C(C)C)c1. The van der Waals surface area contributed by atoms with Crippen LogP contribution in [0.2, 0.25) is 0 Å². The number of hydrogen-bond acceptors (Lipinski definition) is 9. The first-order valence-electron chi connectivity index (χ1n) is 12.0. The van der Waals surface area contributed by atoms with Crippen LogP contribution in [-0.2, 0) is 11.8 Å². The summed E-state index contributed by atoms with van der Waals surface area (Å²) < 4.78 is 1.78. The lowest BCUT2D eigenvalue weighted by atomic mass is 10.0. The summed E-state index contributed by atoms with van der Waals surface area (Å²) >= 11 is 2.45. The number of rotatable bonds is 10. The third-order valence-corrected chi connectivity index (χ3v) is 7.59. The van der Waals surface area contributed by atoms with Crippen LogP contribution < -0.4 is 10.6 Å². The van der Waals surface area contributed by atoms with Gasteiger partial charge in [0.05, 0.1) is 22.4 Å². The van der Waals surface area contributed by atoms with Gasteiger partial charge in [0.2, 0.25) is 5.91 Å². The molecule has 39 heavy (non-hydrogen) atoms. The number of aromatic nitrogens is 4. The summed E-state index contributed by atoms with van der Waals surface area (Å²) in [6.07, 6.45) is 0. The fourth-order valence-corrected chi connectivity index (χ4v) is 5.24. The van der Waals surface area contributed by atoms with Crippen molar-refractivity contribution < 1.29 is 14.5 Å². The van der Waals surface area contributed by atoms with E-state index in [1.807, 2.05) is 39.0 Å². The van der Waals surface area contributed by atoms with E-state index in [1.165, 1.54) is 35.2 Å². The number of carbonyl (C=O) groups is 2. The van der Waals surface area contributed by atoms with Gasteiger partial charge < -0.3 is 15.2 Å². The summed E-state index contributed by atoms with van der Waals surface area (Å²) in [5, 5.41) is 28.0. The highest BCUT2D eigenvalue weighted by Gasteiger charge is 2.25. The molecule has 0 bridgehead atoms. The van der Waals surface area contributed by atoms with Crippen LogP contribution in [0.3, 0.4) is 0 Å². The fraction of sp³-hybridized carbons (Fsp3) is 0.269. The Hall–Kier alpha value is -4.10. The van der Waals surface area contributed by atoms with Crippen LogP contribution in [-0.4, -0.2) is 42.2 Å². The van der Waals surface area contributed by atoms with Crippen molar-refractivity contribution in [3.8, 4) is 11.3 Å². The molecular weight excluding hydrogens is 538 g/mol. The quantitative estimate of drug-likeness (QED) is 0.155. The zero-order valence-electron chi connectivity index (χ0n) is 21.7. The summed E-state index contributed by atoms with van der Waals surface area (Å²) in [6, 6.07) is 13.2. The Labute approximate surface area is 233 Å². The monoisotopic (exact) mass is 565 g/mol. The summed E-state index contributed by atoms with van der Waals surface area (Å²) in [4.78, 5) is 40.4. The minimum Gasteiger partial charge on any atom is -0.342 e. The van der Waals surface area contributed by atoms with Gasteiger partial charge in [-0.15, -0.1) is 21.5 Å². The zero-order valence-corrected chi connectivity index (χ0v) is 23.4. The van der Waals surface area contributed by atoms with Crippen molar-refractivity contribution in [2.75, 3.05) is 11.1 Å². The summed E-state index contributed by atoms with van der Waals surface area (Å²) in [5.74, 6) is 0.239. The van der Waals surface area contributed by atoms with Crippen molar-refractivity contribution in [3.63, 3.8) is 0 Å². The van der Waals surface area contributed by atoms with Crippen molar-refractivity contribution in [1.82, 2.24) is 25.1 Å². The van der Waals surface area contributed by atoms with Crippen LogP contribution >= 0.6 is 23.1 Å². The van der Waals surface area contributed by atoms with Gasteiger partial charge in [0, 0.05) is 35.7 Å². The van der Waals surface area contributed by atoms with Gasteiger partial charge in [-0.05, 0) is 25.0 Å². The maximum Gasteiger partial charge on any atom is 0.270 e. The van der Waals surface area contributed by atoms with Crippen LogP contribution in [0.25, 0.3) is 11.3 Å². The Morgan fingerprint density at radius 1 is 1.15 bits per heavy atom. The molecule has 0 fully saturated rings. The molecule has 4 aromatic rings. The van der Waals surface area contributed by atoms with E-state index in [2.05, 4.69) is 25.8 Å². The van der Waals surface area contributed by atoms with E-state index in [0.717, 1.165) is 5.56 Å². The third kappa shape index (κ3) is 6.86. The van der Waals surface area contributed by atoms with Crippen molar-refractivity contribution in [2.24, 2.45) is 13.0 Å². The van der Waals surface area contributed by atoms with Gasteiger partial charge in [0.1, 0.15) is 0 Å². The number of hydrogen-bond donors (Lipinski definition) is 2. The van der Waals surface area contributed by atoms with Gasteiger partial charge in [-0.3, -0.25) is 19.7 Å². The molecule has 0 aliphatic heterocycles. The number of anilines is 1. The Morgan fingerprint density at radius 2 is 1.92 bits per heavy atom. The van der Waals surface area contributed by atoms with E-state index >= 15 is 0 Å². The number of nitrogens with one attached hydrogen (secondary N) is 2. The van der Waals surface area contributed by atoms with Gasteiger partial charge >= 0.3 is 0 Å². The van der Waals surface area contributed by atoms with E-state index in [1.54, 1.807) is 35.2 Å². The number of carbonyl (C=O) groups excluding carboxylic acids is 2. The maximum atomic E-state index is 12.9. The second-order valence-corrected chi connectivity index (χ2v) is 10.9. The number of nitrogens with zero attached hydrogens (tertiary/aromatic N) is 5. The lowest BCUT2D eigenvalue weighted by Gasteiger charge is -2.21. The van der Waals surface area contributed by atoms with E-state index in [4.69, 9.17) is 0 Å². The number of benzene rings is 2. The van der Waals surface area contributed by atoms with Crippen LogP contribution in [0.5, 0.6) is 0 Å². The molecular formula is C26H27N7O4S2. The highest BCUT2D eigenvalue weighted by Crippen LogP contribution is 2.28. The average Bonchev–Trinajstić information content (AvgIpc) is 3.52. The molecule has 2 heterocycles. The number of thioether (sulfide) groups is 1. The molecule has 2 amide bonds. The van der Waals surface area contributed by atoms with Crippen LogP contribution in [0.4, 0.5) is 10.8 Å². The van der Waals surface area contributed by atoms with Crippen LogP contribution in [0, 0.1) is 23.0 Å². The Balaban J connectivity index is 1.38. The summed E-state index contributed by atoms with van der Waals surface area (Å²) in [6.45, 7) is 5.92. The Morgan fingerprint density at radius 3 is 2.64 bits per heavy atom. The third-order valence-electron chi connectivity index (χ3n) is 5.82. The van der Waals surface area contributed by atoms with Crippen LogP contribution in [0.1, 0.15) is 41.6 Å². The van der Waals surface area contributed by atoms with Crippen molar-refractivity contribution in [1.29, 1.82) is 0 Å². The zero-order chi connectivity index (χ0) is 28.1. The second-order valence-electron chi connectivity index (χ2n) is 9.15. The molecule has 1 unspecified atom stereocenters. The number of non-ortho nitro benzene ring substituents is 1. The molecule has 0 saturated heterocycles. The molecule has 0 aliphatic carbocycles. The fourth-order valence-electron chi connectivity index (χ4n) is 3.79. The first kappa shape index (κ1) is 27.9. The van der Waals surface area contributed by atoms with Gasteiger partial charge in [0.15, 0.2) is 16.1 Å². The van der Waals surface area contributed by atoms with E-state index in [0.29, 0.717) is 32.9 Å². The topological polar surface area (TPSA) is 145 Å². The smallest absolute Gasteiger partial charge is 0.270 e. The lowest BCUT2D eigenvalue weighted by molar-refractivity contribution is -0.384. The lowest BCUT2D eigenvalue weighted by Crippen LogP contribution is -2.33. The molecule has 0 aliphatic rings. The summed E-state index contributed by atoms with van der Waals surface area (Å²) in [7, 11) is 1.80. The second kappa shape index (κ2) is 12.2. The van der Waals surface area contributed by atoms with E-state index < -0.39 is 4.92 Å². The van der Waals surface area contributed by atoms with Gasteiger partial charge in [-0.25, -0.2) is 4.98 Å². The number of thiazole rings is 1. The molecule has 2 aromatic carbocycles. The van der Waals surface area contributed by atoms with Crippen LogP contribution in [0.15, 0.2) is 59.1 Å². The minimum absolute atomic E-state index is 0.0278. The molecule has 0 radical (unpaired) electrons. The minimum atomic E-state index is -0.463. The molecule has 2 aromatic heterocycles. The van der Waals surface area contributed by atoms with E-state index in [-0.39, 0.29) is 35.2 Å². The number of nitro groups is 1. The molecule has 4 rings (SSSR count). The first-order valence-corrected chi connectivity index (χ1v) is 13.9. The van der Waals surface area contributed by atoms with Crippen molar-refractivity contribution in [2.45, 2.75) is 32.0 Å². The van der Waals surface area contributed by atoms with Gasteiger partial charge in [-0.1, -0.05) is 55.4 Å². The highest BCUT2D eigenvalue weighted by molar-refractivity contribution is 7.99. The summed E-state index contributed by atoms with van der Waals surface area (Å²) in [5.41, 5.74) is 2.68. The maximum absolute atomic E-state index is 12.9. The standard InChI is InChI=1S/C26H27N7O4S2/c1-15(2)22(29-24(35)18-9-5-7-16(3)11-18)23-30-31-26(32(23)4)39-14-21(34)28-25-27-20(13-38-25)17-8-6-10-19(12-17)33(36)37/h5-13,15,22H,14H2,1-4H3,(H,29,35)(H,27,28,34). The molecule has 13 heteroatoms. The predicted octanol–water partition coefficient (Wildman–Crippen LogP) is 5.01. The Kier molecular flexibility index (Phi) is 8.72. The normalized spacial score (nSPS) is 11.8. The molecule has 1 atom stereocenters. The number of nitro benzene ring substituents is 1. The number of amides is 2. The molecule has 2 N–H and O–H groups in total. The highest BCUT2D eigenvalue weighted by atomic mass is 32.2. The number of aryl methyl sites for hydroxylation is 1.